The maximum absolute atomic E-state index is 13.3. The first-order valence-corrected chi connectivity index (χ1v) is 11.2. The van der Waals surface area contributed by atoms with Crippen molar-refractivity contribution in [2.75, 3.05) is 0 Å². The minimum Gasteiger partial charge on any atom is -0.293 e. The molecule has 2 aromatic carbocycles. The fraction of sp³-hybridized carbons (Fsp3) is 0.154. The average Bonchev–Trinajstić information content (AvgIpc) is 3.09. The second-order valence-corrected chi connectivity index (χ2v) is 9.37. The van der Waals surface area contributed by atoms with Crippen LogP contribution in [0.2, 0.25) is 0 Å². The summed E-state index contributed by atoms with van der Waals surface area (Å²) in [6, 6.07) is 19.9. The Balaban J connectivity index is 1.78. The van der Waals surface area contributed by atoms with Gasteiger partial charge >= 0.3 is 5.69 Å². The van der Waals surface area contributed by atoms with Gasteiger partial charge in [-0.05, 0) is 71.2 Å². The van der Waals surface area contributed by atoms with E-state index in [9.17, 15) is 10.1 Å². The van der Waals surface area contributed by atoms with E-state index in [1.165, 1.54) is 0 Å². The summed E-state index contributed by atoms with van der Waals surface area (Å²) in [6.07, 6.45) is 3.55. The van der Waals surface area contributed by atoms with Gasteiger partial charge in [-0.1, -0.05) is 24.3 Å². The summed E-state index contributed by atoms with van der Waals surface area (Å²) in [4.78, 5) is 22.2. The van der Waals surface area contributed by atoms with Crippen LogP contribution in [0.4, 0.5) is 0 Å². The third kappa shape index (κ3) is 3.43. The zero-order valence-corrected chi connectivity index (χ0v) is 20.0. The number of halogens is 1. The Labute approximate surface area is 198 Å². The summed E-state index contributed by atoms with van der Waals surface area (Å²) in [5.74, 6) is 0. The molecule has 0 saturated carbocycles. The average molecular weight is 498 g/mol. The van der Waals surface area contributed by atoms with E-state index < -0.39 is 5.41 Å². The van der Waals surface area contributed by atoms with Crippen LogP contribution < -0.4 is 5.69 Å². The third-order valence-electron chi connectivity index (χ3n) is 6.07. The molecule has 0 amide bonds. The summed E-state index contributed by atoms with van der Waals surface area (Å²) in [5, 5.41) is 10.3. The van der Waals surface area contributed by atoms with Crippen molar-refractivity contribution in [3.8, 4) is 22.9 Å². The van der Waals surface area contributed by atoms with E-state index in [1.54, 1.807) is 22.4 Å². The summed E-state index contributed by atoms with van der Waals surface area (Å²) in [5.41, 5.74) is 5.21. The number of aryl methyl sites for hydroxylation is 1. The lowest BCUT2D eigenvalue weighted by atomic mass is 9.86. The lowest BCUT2D eigenvalue weighted by Gasteiger charge is -2.16. The molecule has 0 aliphatic heterocycles. The molecule has 0 aliphatic rings. The molecule has 7 heteroatoms. The van der Waals surface area contributed by atoms with Gasteiger partial charge < -0.3 is 0 Å². The molecule has 0 atom stereocenters. The molecule has 3 aromatic heterocycles. The van der Waals surface area contributed by atoms with Crippen LogP contribution in [0, 0.1) is 11.3 Å². The highest BCUT2D eigenvalue weighted by molar-refractivity contribution is 9.10. The summed E-state index contributed by atoms with van der Waals surface area (Å²) in [7, 11) is 1.75. The molecule has 3 heterocycles. The van der Waals surface area contributed by atoms with Crippen molar-refractivity contribution in [3.63, 3.8) is 0 Å². The first-order chi connectivity index (χ1) is 15.8. The van der Waals surface area contributed by atoms with Gasteiger partial charge in [0.1, 0.15) is 4.60 Å². The van der Waals surface area contributed by atoms with Gasteiger partial charge in [0.15, 0.2) is 0 Å². The number of benzene rings is 2. The van der Waals surface area contributed by atoms with Crippen molar-refractivity contribution in [1.82, 2.24) is 19.1 Å². The Morgan fingerprint density at radius 2 is 1.70 bits per heavy atom. The van der Waals surface area contributed by atoms with Crippen molar-refractivity contribution in [2.45, 2.75) is 19.3 Å². The van der Waals surface area contributed by atoms with Gasteiger partial charge in [0.2, 0.25) is 0 Å². The predicted octanol–water partition coefficient (Wildman–Crippen LogP) is 5.50. The number of nitriles is 1. The van der Waals surface area contributed by atoms with Crippen molar-refractivity contribution in [2.24, 2.45) is 7.05 Å². The quantitative estimate of drug-likeness (QED) is 0.308. The number of nitrogens with zero attached hydrogens (tertiary/aromatic N) is 5. The minimum atomic E-state index is -0.605. The third-order valence-corrected chi connectivity index (χ3v) is 6.54. The Hall–Kier alpha value is -3.76. The highest BCUT2D eigenvalue weighted by atomic mass is 79.9. The number of pyridine rings is 2. The van der Waals surface area contributed by atoms with Gasteiger partial charge in [0.25, 0.3) is 0 Å². The highest BCUT2D eigenvalue weighted by Crippen LogP contribution is 2.30. The molecule has 0 N–H and O–H groups in total. The minimum absolute atomic E-state index is 0.151. The lowest BCUT2D eigenvalue weighted by molar-refractivity contribution is 0.686. The zero-order valence-electron chi connectivity index (χ0n) is 18.4. The molecule has 5 rings (SSSR count). The molecule has 162 valence electrons. The molecule has 0 radical (unpaired) electrons. The van der Waals surface area contributed by atoms with Gasteiger partial charge in [0.05, 0.1) is 39.9 Å². The van der Waals surface area contributed by atoms with Crippen LogP contribution in [-0.2, 0) is 12.5 Å². The number of aromatic nitrogens is 4. The van der Waals surface area contributed by atoms with Crippen molar-refractivity contribution < 1.29 is 0 Å². The van der Waals surface area contributed by atoms with E-state index in [0.717, 1.165) is 48.9 Å². The number of fused-ring (bicyclic) bond motifs is 3. The molecule has 6 nitrogen and oxygen atoms in total. The van der Waals surface area contributed by atoms with Crippen molar-refractivity contribution in [1.29, 1.82) is 5.26 Å². The largest absolute Gasteiger partial charge is 0.333 e. The smallest absolute Gasteiger partial charge is 0.293 e. The van der Waals surface area contributed by atoms with Gasteiger partial charge in [-0.15, -0.1) is 0 Å². The molecule has 0 unspecified atom stereocenters. The van der Waals surface area contributed by atoms with Crippen molar-refractivity contribution in [3.05, 3.63) is 87.6 Å². The van der Waals surface area contributed by atoms with Gasteiger partial charge in [-0.2, -0.15) is 5.26 Å². The summed E-state index contributed by atoms with van der Waals surface area (Å²) < 4.78 is 4.10. The SMILES string of the molecule is Cn1c(=O)n(-c2ccc(C(C)(C)C#N)cc2)c2c3cc(-c4ccc(Br)nc4)ccc3ncc21. The monoisotopic (exact) mass is 497 g/mol. The van der Waals surface area contributed by atoms with Crippen LogP contribution in [0.1, 0.15) is 19.4 Å². The highest BCUT2D eigenvalue weighted by Gasteiger charge is 2.21. The number of hydrogen-bond donors (Lipinski definition) is 0. The molecule has 0 fully saturated rings. The molecule has 0 spiro atoms. The number of hydrogen-bond acceptors (Lipinski definition) is 4. The second-order valence-electron chi connectivity index (χ2n) is 8.55. The fourth-order valence-corrected chi connectivity index (χ4v) is 4.29. The maximum Gasteiger partial charge on any atom is 0.333 e. The molecule has 0 bridgehead atoms. The van der Waals surface area contributed by atoms with Crippen LogP contribution in [0.25, 0.3) is 38.8 Å². The first kappa shape index (κ1) is 21.1. The number of imidazole rings is 1. The van der Waals surface area contributed by atoms with Gasteiger partial charge in [-0.3, -0.25) is 14.1 Å². The van der Waals surface area contributed by atoms with Crippen LogP contribution in [0.5, 0.6) is 0 Å². The number of rotatable bonds is 3. The molecule has 0 aliphatic carbocycles. The molecular formula is C26H20BrN5O. The van der Waals surface area contributed by atoms with Gasteiger partial charge in [0, 0.05) is 24.2 Å². The predicted molar refractivity (Wildman–Crippen MR) is 133 cm³/mol. The van der Waals surface area contributed by atoms with E-state index in [1.807, 2.05) is 68.6 Å². The van der Waals surface area contributed by atoms with Crippen molar-refractivity contribution >= 4 is 37.9 Å². The Bertz CT molecular complexity index is 1620. The fourth-order valence-electron chi connectivity index (χ4n) is 4.05. The van der Waals surface area contributed by atoms with E-state index >= 15 is 0 Å². The second kappa shape index (κ2) is 7.68. The molecule has 5 aromatic rings. The Morgan fingerprint density at radius 3 is 2.36 bits per heavy atom. The molecule has 0 saturated heterocycles. The van der Waals surface area contributed by atoms with E-state index in [4.69, 9.17) is 0 Å². The lowest BCUT2D eigenvalue weighted by Crippen LogP contribution is -2.21. The van der Waals surface area contributed by atoms with E-state index in [0.29, 0.717) is 0 Å². The van der Waals surface area contributed by atoms with E-state index in [-0.39, 0.29) is 5.69 Å². The van der Waals surface area contributed by atoms with E-state index in [2.05, 4.69) is 38.0 Å². The first-order valence-electron chi connectivity index (χ1n) is 10.4. The van der Waals surface area contributed by atoms with Gasteiger partial charge in [-0.25, -0.2) is 9.78 Å². The van der Waals surface area contributed by atoms with Crippen LogP contribution >= 0.6 is 15.9 Å². The summed E-state index contributed by atoms with van der Waals surface area (Å²) in [6.45, 7) is 3.76. The topological polar surface area (TPSA) is 76.5 Å². The van der Waals surface area contributed by atoms with Crippen LogP contribution in [0.3, 0.4) is 0 Å². The van der Waals surface area contributed by atoms with Crippen LogP contribution in [0.15, 0.2) is 76.4 Å². The molecular weight excluding hydrogens is 478 g/mol. The zero-order chi connectivity index (χ0) is 23.3. The van der Waals surface area contributed by atoms with Crippen LogP contribution in [-0.4, -0.2) is 19.1 Å². The standard InChI is InChI=1S/C26H20BrN5O/c1-26(2,15-28)18-6-8-19(9-7-18)32-24-20-12-16(17-5-11-23(27)30-13-17)4-10-21(20)29-14-22(24)31(3)25(32)33/h4-14H,1-3H3. The normalized spacial score (nSPS) is 11.7. The molecule has 33 heavy (non-hydrogen) atoms. The Kier molecular flexibility index (Phi) is 4.91. The Morgan fingerprint density at radius 1 is 0.970 bits per heavy atom. The summed E-state index contributed by atoms with van der Waals surface area (Å²) >= 11 is 3.38. The maximum atomic E-state index is 13.3.